The normalized spacial score (nSPS) is 14.4. The van der Waals surface area contributed by atoms with Crippen LogP contribution in [0, 0.1) is 5.82 Å². The van der Waals surface area contributed by atoms with Gasteiger partial charge in [0.2, 0.25) is 0 Å². The summed E-state index contributed by atoms with van der Waals surface area (Å²) < 4.78 is 14.2. The Kier molecular flexibility index (Phi) is 4.39. The Morgan fingerprint density at radius 2 is 1.76 bits per heavy atom. The van der Waals surface area contributed by atoms with Gasteiger partial charge in [-0.3, -0.25) is 0 Å². The van der Waals surface area contributed by atoms with Crippen LogP contribution in [0.3, 0.4) is 0 Å². The highest BCUT2D eigenvalue weighted by Crippen LogP contribution is 2.26. The molecule has 0 bridgehead atoms. The largest absolute Gasteiger partial charge is 0.385 e. The van der Waals surface area contributed by atoms with E-state index in [1.165, 1.54) is 5.56 Å². The molecule has 0 radical (unpaired) electrons. The molecule has 3 heteroatoms. The van der Waals surface area contributed by atoms with E-state index in [0.717, 1.165) is 50.3 Å². The number of hydrogen-bond acceptors (Lipinski definition) is 2. The first-order valence-electron chi connectivity index (χ1n) is 7.65. The molecular formula is C18H21FN2. The first kappa shape index (κ1) is 13.9. The molecule has 0 saturated carbocycles. The molecule has 1 saturated heterocycles. The maximum atomic E-state index is 14.2. The van der Waals surface area contributed by atoms with Crippen molar-refractivity contribution in [1.29, 1.82) is 0 Å². The first-order chi connectivity index (χ1) is 10.3. The van der Waals surface area contributed by atoms with Crippen LogP contribution in [0.5, 0.6) is 0 Å². The van der Waals surface area contributed by atoms with Gasteiger partial charge in [-0.2, -0.15) is 0 Å². The molecule has 1 fully saturated rings. The molecule has 3 rings (SSSR count). The molecular weight excluding hydrogens is 263 g/mol. The molecule has 0 unspecified atom stereocenters. The van der Waals surface area contributed by atoms with E-state index in [9.17, 15) is 4.39 Å². The molecule has 0 atom stereocenters. The van der Waals surface area contributed by atoms with E-state index >= 15 is 0 Å². The minimum Gasteiger partial charge on any atom is -0.385 e. The lowest BCUT2D eigenvalue weighted by Crippen LogP contribution is -2.19. The lowest BCUT2D eigenvalue weighted by molar-refractivity contribution is 0.623. The number of anilines is 2. The summed E-state index contributed by atoms with van der Waals surface area (Å²) in [4.78, 5) is 2.13. The number of nitrogens with one attached hydrogen (secondary N) is 1. The summed E-state index contributed by atoms with van der Waals surface area (Å²) >= 11 is 0. The standard InChI is InChI=1S/C18H21FN2/c19-17-14-16(8-9-18(17)21-12-4-5-13-21)20-11-10-15-6-2-1-3-7-15/h1-3,6-9,14,20H,4-5,10-13H2. The van der Waals surface area contributed by atoms with Crippen molar-refractivity contribution in [3.05, 3.63) is 59.9 Å². The van der Waals surface area contributed by atoms with Gasteiger partial charge < -0.3 is 10.2 Å². The van der Waals surface area contributed by atoms with Crippen molar-refractivity contribution in [3.63, 3.8) is 0 Å². The summed E-state index contributed by atoms with van der Waals surface area (Å²) in [7, 11) is 0. The number of benzene rings is 2. The average Bonchev–Trinajstić information content (AvgIpc) is 3.02. The van der Waals surface area contributed by atoms with Gasteiger partial charge in [-0.15, -0.1) is 0 Å². The molecule has 21 heavy (non-hydrogen) atoms. The molecule has 1 N–H and O–H groups in total. The third-order valence-electron chi connectivity index (χ3n) is 3.98. The number of halogens is 1. The molecule has 0 aromatic heterocycles. The fourth-order valence-corrected chi connectivity index (χ4v) is 2.83. The lowest BCUT2D eigenvalue weighted by atomic mass is 10.1. The fraction of sp³-hybridized carbons (Fsp3) is 0.333. The van der Waals surface area contributed by atoms with E-state index in [0.29, 0.717) is 0 Å². The van der Waals surface area contributed by atoms with Crippen LogP contribution in [0.25, 0.3) is 0 Å². The van der Waals surface area contributed by atoms with Crippen LogP contribution < -0.4 is 10.2 Å². The third-order valence-corrected chi connectivity index (χ3v) is 3.98. The molecule has 110 valence electrons. The van der Waals surface area contributed by atoms with E-state index in [-0.39, 0.29) is 5.82 Å². The molecule has 0 spiro atoms. The van der Waals surface area contributed by atoms with E-state index in [2.05, 4.69) is 22.3 Å². The lowest BCUT2D eigenvalue weighted by Gasteiger charge is -2.19. The topological polar surface area (TPSA) is 15.3 Å². The quantitative estimate of drug-likeness (QED) is 0.890. The monoisotopic (exact) mass is 284 g/mol. The SMILES string of the molecule is Fc1cc(NCCc2ccccc2)ccc1N1CCCC1. The van der Waals surface area contributed by atoms with Crippen LogP contribution in [-0.2, 0) is 6.42 Å². The van der Waals surface area contributed by atoms with Crippen molar-refractivity contribution in [1.82, 2.24) is 0 Å². The summed E-state index contributed by atoms with van der Waals surface area (Å²) in [5.74, 6) is -0.124. The molecule has 1 aliphatic heterocycles. The Morgan fingerprint density at radius 3 is 2.48 bits per heavy atom. The maximum absolute atomic E-state index is 14.2. The number of hydrogen-bond donors (Lipinski definition) is 1. The predicted molar refractivity (Wildman–Crippen MR) is 86.5 cm³/mol. The second-order valence-corrected chi connectivity index (χ2v) is 5.52. The van der Waals surface area contributed by atoms with Gasteiger partial charge in [0.15, 0.2) is 0 Å². The maximum Gasteiger partial charge on any atom is 0.148 e. The van der Waals surface area contributed by atoms with Gasteiger partial charge in [0, 0.05) is 25.3 Å². The minimum absolute atomic E-state index is 0.124. The van der Waals surface area contributed by atoms with Crippen molar-refractivity contribution in [2.45, 2.75) is 19.3 Å². The van der Waals surface area contributed by atoms with Gasteiger partial charge in [0.25, 0.3) is 0 Å². The highest BCUT2D eigenvalue weighted by molar-refractivity contribution is 5.56. The van der Waals surface area contributed by atoms with E-state index < -0.39 is 0 Å². The molecule has 0 amide bonds. The summed E-state index contributed by atoms with van der Waals surface area (Å²) in [5.41, 5.74) is 2.88. The van der Waals surface area contributed by atoms with Crippen molar-refractivity contribution in [3.8, 4) is 0 Å². The Bertz CT molecular complexity index is 577. The highest BCUT2D eigenvalue weighted by Gasteiger charge is 2.15. The van der Waals surface area contributed by atoms with Crippen molar-refractivity contribution in [2.75, 3.05) is 29.9 Å². The zero-order valence-electron chi connectivity index (χ0n) is 12.2. The number of rotatable bonds is 5. The molecule has 2 aromatic carbocycles. The van der Waals surface area contributed by atoms with Gasteiger partial charge in [-0.25, -0.2) is 4.39 Å². The van der Waals surface area contributed by atoms with E-state index in [1.54, 1.807) is 6.07 Å². The fourth-order valence-electron chi connectivity index (χ4n) is 2.83. The highest BCUT2D eigenvalue weighted by atomic mass is 19.1. The van der Waals surface area contributed by atoms with E-state index in [4.69, 9.17) is 0 Å². The number of nitrogens with zero attached hydrogens (tertiary/aromatic N) is 1. The zero-order valence-corrected chi connectivity index (χ0v) is 12.2. The second-order valence-electron chi connectivity index (χ2n) is 5.52. The van der Waals surface area contributed by atoms with Gasteiger partial charge >= 0.3 is 0 Å². The van der Waals surface area contributed by atoms with Crippen LogP contribution in [0.1, 0.15) is 18.4 Å². The van der Waals surface area contributed by atoms with Crippen LogP contribution in [-0.4, -0.2) is 19.6 Å². The average molecular weight is 284 g/mol. The Morgan fingerprint density at radius 1 is 1.00 bits per heavy atom. The van der Waals surface area contributed by atoms with E-state index in [1.807, 2.05) is 30.3 Å². The van der Waals surface area contributed by atoms with Crippen LogP contribution in [0.4, 0.5) is 15.8 Å². The molecule has 1 heterocycles. The zero-order chi connectivity index (χ0) is 14.5. The van der Waals surface area contributed by atoms with Crippen molar-refractivity contribution >= 4 is 11.4 Å². The Labute approximate surface area is 125 Å². The molecule has 1 aliphatic rings. The second kappa shape index (κ2) is 6.61. The molecule has 0 aliphatic carbocycles. The summed E-state index contributed by atoms with van der Waals surface area (Å²) in [6.07, 6.45) is 3.27. The van der Waals surface area contributed by atoms with Gasteiger partial charge in [-0.1, -0.05) is 30.3 Å². The summed E-state index contributed by atoms with van der Waals surface area (Å²) in [5, 5.41) is 3.29. The van der Waals surface area contributed by atoms with Gasteiger partial charge in [-0.05, 0) is 43.0 Å². The van der Waals surface area contributed by atoms with Gasteiger partial charge in [0.1, 0.15) is 5.82 Å². The molecule has 2 nitrogen and oxygen atoms in total. The van der Waals surface area contributed by atoms with Crippen molar-refractivity contribution < 1.29 is 4.39 Å². The predicted octanol–water partition coefficient (Wildman–Crippen LogP) is 4.08. The van der Waals surface area contributed by atoms with Crippen LogP contribution >= 0.6 is 0 Å². The van der Waals surface area contributed by atoms with Crippen LogP contribution in [0.15, 0.2) is 48.5 Å². The summed E-state index contributed by atoms with van der Waals surface area (Å²) in [6, 6.07) is 15.8. The Hall–Kier alpha value is -2.03. The first-order valence-corrected chi connectivity index (χ1v) is 7.65. The van der Waals surface area contributed by atoms with Crippen molar-refractivity contribution in [2.24, 2.45) is 0 Å². The van der Waals surface area contributed by atoms with Crippen LogP contribution in [0.2, 0.25) is 0 Å². The smallest absolute Gasteiger partial charge is 0.148 e. The Balaban J connectivity index is 1.57. The minimum atomic E-state index is -0.124. The van der Waals surface area contributed by atoms with Gasteiger partial charge in [0.05, 0.1) is 5.69 Å². The third kappa shape index (κ3) is 3.54. The summed E-state index contributed by atoms with van der Waals surface area (Å²) in [6.45, 7) is 2.75. The molecule has 2 aromatic rings.